The van der Waals surface area contributed by atoms with Crippen molar-refractivity contribution in [3.05, 3.63) is 69.0 Å². The van der Waals surface area contributed by atoms with Gasteiger partial charge in [0.2, 0.25) is 5.91 Å². The Kier molecular flexibility index (Phi) is 5.61. The highest BCUT2D eigenvalue weighted by molar-refractivity contribution is 9.10. The van der Waals surface area contributed by atoms with Crippen molar-refractivity contribution < 1.29 is 9.53 Å². The van der Waals surface area contributed by atoms with E-state index in [0.717, 1.165) is 65.8 Å². The molecule has 1 saturated heterocycles. The minimum absolute atomic E-state index is 0.296. The van der Waals surface area contributed by atoms with Crippen LogP contribution in [0, 0.1) is 0 Å². The molecular weight excluding hydrogens is 472 g/mol. The average molecular weight is 497 g/mol. The molecule has 1 aromatic heterocycles. The molecule has 0 unspecified atom stereocenters. The van der Waals surface area contributed by atoms with Gasteiger partial charge in [-0.3, -0.25) is 4.79 Å². The summed E-state index contributed by atoms with van der Waals surface area (Å²) in [7, 11) is 1.67. The fraction of sp³-hybridized carbons (Fsp3) is 0.360. The van der Waals surface area contributed by atoms with Crippen LogP contribution in [0.15, 0.2) is 58.4 Å². The Morgan fingerprint density at radius 2 is 1.90 bits per heavy atom. The van der Waals surface area contributed by atoms with Gasteiger partial charge in [0.05, 0.1) is 23.2 Å². The van der Waals surface area contributed by atoms with Gasteiger partial charge in [-0.1, -0.05) is 40.2 Å². The van der Waals surface area contributed by atoms with Gasteiger partial charge in [0, 0.05) is 34.4 Å². The summed E-state index contributed by atoms with van der Waals surface area (Å²) in [5.74, 6) is 1.56. The van der Waals surface area contributed by atoms with Crippen LogP contribution in [-0.4, -0.2) is 36.0 Å². The normalized spacial score (nSPS) is 18.1. The number of carbonyl (C=O) groups is 1. The molecular formula is C25H25BrN2O2S. The number of halogens is 1. The summed E-state index contributed by atoms with van der Waals surface area (Å²) < 4.78 is 6.33. The molecule has 1 aliphatic heterocycles. The number of likely N-dealkylation sites (tertiary alicyclic amines) is 1. The van der Waals surface area contributed by atoms with Gasteiger partial charge in [-0.2, -0.15) is 0 Å². The van der Waals surface area contributed by atoms with Crippen molar-refractivity contribution >= 4 is 33.2 Å². The summed E-state index contributed by atoms with van der Waals surface area (Å²) in [6, 6.07) is 16.3. The molecule has 1 saturated carbocycles. The number of hydrogen-bond donors (Lipinski definition) is 0. The van der Waals surface area contributed by atoms with Crippen molar-refractivity contribution in [1.82, 2.24) is 9.88 Å². The highest BCUT2D eigenvalue weighted by Gasteiger charge is 2.53. The Balaban J connectivity index is 1.24. The number of methoxy groups -OCH3 is 1. The minimum atomic E-state index is -0.311. The van der Waals surface area contributed by atoms with Crippen molar-refractivity contribution in [2.75, 3.05) is 20.2 Å². The molecule has 5 rings (SSSR count). The highest BCUT2D eigenvalue weighted by Crippen LogP contribution is 2.50. The molecule has 0 spiro atoms. The number of hydrogen-bond acceptors (Lipinski definition) is 4. The molecule has 3 aromatic rings. The van der Waals surface area contributed by atoms with Crippen LogP contribution in [0.4, 0.5) is 0 Å². The SMILES string of the molecule is COc1ccc(C2(C(=O)N3CCC(c4nc(-c5cccc(Br)c5)cs4)CC3)CC2)cc1. The fourth-order valence-corrected chi connectivity index (χ4v) is 5.95. The largest absolute Gasteiger partial charge is 0.497 e. The summed E-state index contributed by atoms with van der Waals surface area (Å²) in [4.78, 5) is 20.4. The third kappa shape index (κ3) is 4.03. The number of rotatable bonds is 5. The smallest absolute Gasteiger partial charge is 0.233 e. The molecule has 1 amide bonds. The molecule has 2 aliphatic rings. The zero-order valence-electron chi connectivity index (χ0n) is 17.5. The van der Waals surface area contributed by atoms with E-state index in [1.54, 1.807) is 18.4 Å². The van der Waals surface area contributed by atoms with Gasteiger partial charge in [0.15, 0.2) is 0 Å². The number of aromatic nitrogens is 1. The monoisotopic (exact) mass is 496 g/mol. The molecule has 2 fully saturated rings. The topological polar surface area (TPSA) is 42.4 Å². The first-order valence-corrected chi connectivity index (χ1v) is 12.4. The number of ether oxygens (including phenoxy) is 1. The van der Waals surface area contributed by atoms with Gasteiger partial charge >= 0.3 is 0 Å². The van der Waals surface area contributed by atoms with E-state index in [0.29, 0.717) is 11.8 Å². The second kappa shape index (κ2) is 8.40. The summed E-state index contributed by atoms with van der Waals surface area (Å²) >= 11 is 5.28. The molecule has 0 atom stereocenters. The van der Waals surface area contributed by atoms with Crippen molar-refractivity contribution in [3.63, 3.8) is 0 Å². The number of amides is 1. The molecule has 2 heterocycles. The van der Waals surface area contributed by atoms with E-state index in [2.05, 4.69) is 50.5 Å². The Hall–Kier alpha value is -2.18. The maximum atomic E-state index is 13.4. The van der Waals surface area contributed by atoms with Gasteiger partial charge < -0.3 is 9.64 Å². The predicted octanol–water partition coefficient (Wildman–Crippen LogP) is 6.02. The lowest BCUT2D eigenvalue weighted by molar-refractivity contribution is -0.135. The van der Waals surface area contributed by atoms with Crippen LogP contribution >= 0.6 is 27.3 Å². The first-order chi connectivity index (χ1) is 15.1. The standard InChI is InChI=1S/C25H25BrN2O2S/c1-30-21-7-5-19(6-8-21)25(11-12-25)24(29)28-13-9-17(10-14-28)23-27-22(16-31-23)18-3-2-4-20(26)15-18/h2-8,15-17H,9-14H2,1H3. The third-order valence-electron chi connectivity index (χ3n) is 6.58. The van der Waals surface area contributed by atoms with Gasteiger partial charge in [0.1, 0.15) is 5.75 Å². The maximum absolute atomic E-state index is 13.4. The van der Waals surface area contributed by atoms with Crippen LogP contribution in [-0.2, 0) is 10.2 Å². The number of piperidine rings is 1. The minimum Gasteiger partial charge on any atom is -0.497 e. The van der Waals surface area contributed by atoms with Crippen LogP contribution in [0.3, 0.4) is 0 Å². The molecule has 1 aliphatic carbocycles. The maximum Gasteiger partial charge on any atom is 0.233 e. The Bertz CT molecular complexity index is 1080. The van der Waals surface area contributed by atoms with Gasteiger partial charge in [-0.05, 0) is 55.5 Å². The zero-order valence-corrected chi connectivity index (χ0v) is 19.9. The lowest BCUT2D eigenvalue weighted by atomic mass is 9.91. The molecule has 0 radical (unpaired) electrons. The van der Waals surface area contributed by atoms with E-state index in [1.165, 1.54) is 5.01 Å². The van der Waals surface area contributed by atoms with Crippen LogP contribution in [0.5, 0.6) is 5.75 Å². The van der Waals surface area contributed by atoms with E-state index in [1.807, 2.05) is 24.3 Å². The second-order valence-electron chi connectivity index (χ2n) is 8.46. The van der Waals surface area contributed by atoms with Crippen LogP contribution < -0.4 is 4.74 Å². The lowest BCUT2D eigenvalue weighted by Crippen LogP contribution is -2.43. The van der Waals surface area contributed by atoms with Crippen LogP contribution in [0.1, 0.15) is 42.2 Å². The summed E-state index contributed by atoms with van der Waals surface area (Å²) in [5, 5.41) is 3.34. The van der Waals surface area contributed by atoms with E-state index < -0.39 is 0 Å². The molecule has 6 heteroatoms. The number of benzene rings is 2. The van der Waals surface area contributed by atoms with Crippen molar-refractivity contribution in [1.29, 1.82) is 0 Å². The fourth-order valence-electron chi connectivity index (χ4n) is 4.55. The lowest BCUT2D eigenvalue weighted by Gasteiger charge is -2.34. The zero-order chi connectivity index (χ0) is 21.4. The molecule has 0 bridgehead atoms. The molecule has 160 valence electrons. The van der Waals surface area contributed by atoms with E-state index >= 15 is 0 Å². The summed E-state index contributed by atoms with van der Waals surface area (Å²) in [5.41, 5.74) is 2.99. The van der Waals surface area contributed by atoms with Crippen molar-refractivity contribution in [2.24, 2.45) is 0 Å². The number of thiazole rings is 1. The quantitative estimate of drug-likeness (QED) is 0.433. The second-order valence-corrected chi connectivity index (χ2v) is 10.3. The number of carbonyl (C=O) groups excluding carboxylic acids is 1. The van der Waals surface area contributed by atoms with Crippen molar-refractivity contribution in [2.45, 2.75) is 37.0 Å². The molecule has 2 aromatic carbocycles. The van der Waals surface area contributed by atoms with E-state index in [-0.39, 0.29) is 5.41 Å². The third-order valence-corrected chi connectivity index (χ3v) is 8.08. The van der Waals surface area contributed by atoms with E-state index in [9.17, 15) is 4.79 Å². The molecule has 4 nitrogen and oxygen atoms in total. The van der Waals surface area contributed by atoms with Gasteiger partial charge in [-0.25, -0.2) is 4.98 Å². The average Bonchev–Trinajstić information content (AvgIpc) is 3.48. The highest BCUT2D eigenvalue weighted by atomic mass is 79.9. The van der Waals surface area contributed by atoms with Crippen LogP contribution in [0.25, 0.3) is 11.3 Å². The summed E-state index contributed by atoms with van der Waals surface area (Å²) in [6.07, 6.45) is 3.85. The first-order valence-electron chi connectivity index (χ1n) is 10.7. The van der Waals surface area contributed by atoms with Crippen molar-refractivity contribution in [3.8, 4) is 17.0 Å². The predicted molar refractivity (Wildman–Crippen MR) is 128 cm³/mol. The van der Waals surface area contributed by atoms with Gasteiger partial charge in [-0.15, -0.1) is 11.3 Å². The first kappa shape index (κ1) is 20.7. The Labute approximate surface area is 195 Å². The molecule has 0 N–H and O–H groups in total. The summed E-state index contributed by atoms with van der Waals surface area (Å²) in [6.45, 7) is 1.63. The van der Waals surface area contributed by atoms with Gasteiger partial charge in [0.25, 0.3) is 0 Å². The van der Waals surface area contributed by atoms with Crippen LogP contribution in [0.2, 0.25) is 0 Å². The van der Waals surface area contributed by atoms with E-state index in [4.69, 9.17) is 9.72 Å². The molecule has 31 heavy (non-hydrogen) atoms. The Morgan fingerprint density at radius 3 is 2.55 bits per heavy atom. The number of nitrogens with zero attached hydrogens (tertiary/aromatic N) is 2. The Morgan fingerprint density at radius 1 is 1.16 bits per heavy atom.